The minimum atomic E-state index is 0.0589. The van der Waals surface area contributed by atoms with Gasteiger partial charge in [0.1, 0.15) is 6.07 Å². The van der Waals surface area contributed by atoms with Crippen molar-refractivity contribution in [3.63, 3.8) is 0 Å². The van der Waals surface area contributed by atoms with Crippen LogP contribution in [0.15, 0.2) is 4.52 Å². The first kappa shape index (κ1) is 10.8. The van der Waals surface area contributed by atoms with Gasteiger partial charge in [-0.05, 0) is 18.8 Å². The van der Waals surface area contributed by atoms with Gasteiger partial charge < -0.3 is 20.3 Å². The summed E-state index contributed by atoms with van der Waals surface area (Å²) in [4.78, 5) is 1.95. The van der Waals surface area contributed by atoms with Crippen molar-refractivity contribution in [1.82, 2.24) is 5.16 Å². The first-order valence-corrected chi connectivity index (χ1v) is 5.27. The zero-order valence-corrected chi connectivity index (χ0v) is 8.89. The zero-order chi connectivity index (χ0) is 11.5. The second kappa shape index (κ2) is 4.41. The van der Waals surface area contributed by atoms with Gasteiger partial charge in [0.25, 0.3) is 0 Å². The highest BCUT2D eigenvalue weighted by molar-refractivity contribution is 5.62. The number of rotatable bonds is 2. The Labute approximate surface area is 93.2 Å². The van der Waals surface area contributed by atoms with Crippen molar-refractivity contribution in [3.05, 3.63) is 5.56 Å². The largest absolute Gasteiger partial charge is 0.396 e. The van der Waals surface area contributed by atoms with Crippen molar-refractivity contribution in [1.29, 1.82) is 5.26 Å². The first-order valence-electron chi connectivity index (χ1n) is 5.27. The lowest BCUT2D eigenvalue weighted by Crippen LogP contribution is -2.37. The van der Waals surface area contributed by atoms with Crippen LogP contribution in [0.5, 0.6) is 0 Å². The van der Waals surface area contributed by atoms with Crippen LogP contribution >= 0.6 is 0 Å². The van der Waals surface area contributed by atoms with Crippen LogP contribution in [0.1, 0.15) is 18.4 Å². The molecule has 0 aromatic carbocycles. The van der Waals surface area contributed by atoms with Crippen molar-refractivity contribution in [2.75, 3.05) is 30.3 Å². The molecule has 0 saturated carbocycles. The molecular formula is C10H14N4O2. The second-order valence-corrected chi connectivity index (χ2v) is 3.99. The van der Waals surface area contributed by atoms with Crippen LogP contribution < -0.4 is 10.6 Å². The summed E-state index contributed by atoms with van der Waals surface area (Å²) in [5.74, 6) is 0.792. The van der Waals surface area contributed by atoms with Gasteiger partial charge in [-0.2, -0.15) is 5.26 Å². The summed E-state index contributed by atoms with van der Waals surface area (Å²) >= 11 is 0. The van der Waals surface area contributed by atoms with Gasteiger partial charge in [-0.15, -0.1) is 0 Å². The molecule has 16 heavy (non-hydrogen) atoms. The zero-order valence-electron chi connectivity index (χ0n) is 8.89. The van der Waals surface area contributed by atoms with E-state index in [1.165, 1.54) is 0 Å². The normalized spacial score (nSPS) is 20.8. The number of aliphatic hydroxyl groups is 1. The number of nitriles is 1. The van der Waals surface area contributed by atoms with E-state index in [0.717, 1.165) is 19.4 Å². The third-order valence-corrected chi connectivity index (χ3v) is 2.89. The van der Waals surface area contributed by atoms with E-state index < -0.39 is 0 Å². The number of nitrogens with zero attached hydrogens (tertiary/aromatic N) is 3. The molecule has 6 nitrogen and oxygen atoms in total. The Morgan fingerprint density at radius 2 is 2.50 bits per heavy atom. The van der Waals surface area contributed by atoms with Gasteiger partial charge in [-0.1, -0.05) is 5.16 Å². The first-order chi connectivity index (χ1) is 7.76. The minimum absolute atomic E-state index is 0.0589. The van der Waals surface area contributed by atoms with E-state index in [4.69, 9.17) is 20.6 Å². The lowest BCUT2D eigenvalue weighted by molar-refractivity contribution is 0.208. The van der Waals surface area contributed by atoms with Gasteiger partial charge >= 0.3 is 0 Å². The molecule has 2 heterocycles. The molecule has 0 spiro atoms. The predicted octanol–water partition coefficient (Wildman–Crippen LogP) is 0.337. The Balaban J connectivity index is 2.20. The molecule has 0 aliphatic carbocycles. The van der Waals surface area contributed by atoms with Gasteiger partial charge in [0.2, 0.25) is 5.88 Å². The highest BCUT2D eigenvalue weighted by Gasteiger charge is 2.25. The van der Waals surface area contributed by atoms with E-state index in [1.807, 2.05) is 11.0 Å². The van der Waals surface area contributed by atoms with Gasteiger partial charge in [-0.3, -0.25) is 0 Å². The van der Waals surface area contributed by atoms with Crippen LogP contribution in [0.2, 0.25) is 0 Å². The number of nitrogens with two attached hydrogens (primary N) is 1. The molecule has 0 radical (unpaired) electrons. The molecular weight excluding hydrogens is 208 g/mol. The Hall–Kier alpha value is -1.74. The highest BCUT2D eigenvalue weighted by atomic mass is 16.5. The molecule has 1 atom stereocenters. The number of hydrogen-bond donors (Lipinski definition) is 2. The van der Waals surface area contributed by atoms with Crippen molar-refractivity contribution in [2.45, 2.75) is 12.8 Å². The predicted molar refractivity (Wildman–Crippen MR) is 57.7 cm³/mol. The number of aliphatic hydroxyl groups excluding tert-OH is 1. The fourth-order valence-electron chi connectivity index (χ4n) is 2.02. The summed E-state index contributed by atoms with van der Waals surface area (Å²) < 4.78 is 4.81. The number of hydrogen-bond acceptors (Lipinski definition) is 6. The molecule has 0 bridgehead atoms. The fourth-order valence-corrected chi connectivity index (χ4v) is 2.02. The molecule has 3 N–H and O–H groups in total. The quantitative estimate of drug-likeness (QED) is 0.748. The third-order valence-electron chi connectivity index (χ3n) is 2.89. The SMILES string of the molecule is N#Cc1c(N2CCCC(CO)C2)noc1N. The van der Waals surface area contributed by atoms with Crippen LogP contribution in [0.4, 0.5) is 11.7 Å². The standard InChI is InChI=1S/C10H14N4O2/c11-4-8-9(12)16-13-10(8)14-3-1-2-7(5-14)6-15/h7,15H,1-3,5-6,12H2. The molecule has 1 saturated heterocycles. The van der Waals surface area contributed by atoms with Crippen molar-refractivity contribution in [2.24, 2.45) is 5.92 Å². The molecule has 86 valence electrons. The summed E-state index contributed by atoms with van der Waals surface area (Å²) in [6.45, 7) is 1.67. The Kier molecular flexibility index (Phi) is 2.97. The van der Waals surface area contributed by atoms with Gasteiger partial charge in [0.05, 0.1) is 0 Å². The van der Waals surface area contributed by atoms with E-state index in [2.05, 4.69) is 5.16 Å². The van der Waals surface area contributed by atoms with Crippen molar-refractivity contribution >= 4 is 11.7 Å². The van der Waals surface area contributed by atoms with Crippen LogP contribution in [0, 0.1) is 17.2 Å². The Bertz CT molecular complexity index is 409. The van der Waals surface area contributed by atoms with E-state index in [-0.39, 0.29) is 18.4 Å². The molecule has 1 aromatic heterocycles. The third kappa shape index (κ3) is 1.82. The number of nitrogen functional groups attached to an aromatic ring is 1. The average molecular weight is 222 g/mol. The molecule has 0 amide bonds. The Morgan fingerprint density at radius 3 is 3.19 bits per heavy atom. The average Bonchev–Trinajstić information content (AvgIpc) is 2.70. The molecule has 1 aliphatic heterocycles. The van der Waals surface area contributed by atoms with Crippen molar-refractivity contribution in [3.8, 4) is 6.07 Å². The lowest BCUT2D eigenvalue weighted by Gasteiger charge is -2.31. The second-order valence-electron chi connectivity index (χ2n) is 3.99. The smallest absolute Gasteiger partial charge is 0.242 e. The van der Waals surface area contributed by atoms with Crippen molar-refractivity contribution < 1.29 is 9.63 Å². The maximum absolute atomic E-state index is 9.13. The van der Waals surface area contributed by atoms with Gasteiger partial charge in [0, 0.05) is 19.7 Å². The van der Waals surface area contributed by atoms with Crippen LogP contribution in [0.25, 0.3) is 0 Å². The maximum atomic E-state index is 9.13. The minimum Gasteiger partial charge on any atom is -0.396 e. The van der Waals surface area contributed by atoms with Crippen LogP contribution in [0.3, 0.4) is 0 Å². The van der Waals surface area contributed by atoms with Crippen LogP contribution in [-0.4, -0.2) is 30.0 Å². The van der Waals surface area contributed by atoms with E-state index in [9.17, 15) is 0 Å². The van der Waals surface area contributed by atoms with Gasteiger partial charge in [-0.25, -0.2) is 0 Å². The van der Waals surface area contributed by atoms with Crippen LogP contribution in [-0.2, 0) is 0 Å². The molecule has 1 aliphatic rings. The van der Waals surface area contributed by atoms with E-state index in [1.54, 1.807) is 0 Å². The lowest BCUT2D eigenvalue weighted by atomic mass is 9.99. The summed E-state index contributed by atoms with van der Waals surface area (Å²) in [5, 5.41) is 21.9. The summed E-state index contributed by atoms with van der Waals surface area (Å²) in [6, 6.07) is 1.99. The fraction of sp³-hybridized carbons (Fsp3) is 0.600. The highest BCUT2D eigenvalue weighted by Crippen LogP contribution is 2.27. The topological polar surface area (TPSA) is 99.3 Å². The molecule has 1 aromatic rings. The van der Waals surface area contributed by atoms with E-state index in [0.29, 0.717) is 17.9 Å². The number of anilines is 2. The van der Waals surface area contributed by atoms with Gasteiger partial charge in [0.15, 0.2) is 11.4 Å². The molecule has 2 rings (SSSR count). The molecule has 1 unspecified atom stereocenters. The van der Waals surface area contributed by atoms with E-state index >= 15 is 0 Å². The summed E-state index contributed by atoms with van der Waals surface area (Å²) in [7, 11) is 0. The Morgan fingerprint density at radius 1 is 1.69 bits per heavy atom. The monoisotopic (exact) mass is 222 g/mol. The molecule has 6 heteroatoms. The maximum Gasteiger partial charge on any atom is 0.242 e. The summed E-state index contributed by atoms with van der Waals surface area (Å²) in [6.07, 6.45) is 1.98. The number of aromatic nitrogens is 1. The molecule has 1 fully saturated rings. The number of piperidine rings is 1. The summed E-state index contributed by atoms with van der Waals surface area (Å²) in [5.41, 5.74) is 5.79.